The number of hydrogen-bond donors (Lipinski definition) is 1. The number of para-hydroxylation sites is 1. The summed E-state index contributed by atoms with van der Waals surface area (Å²) in [5.41, 5.74) is 1.39. The Morgan fingerprint density at radius 3 is 2.50 bits per heavy atom. The van der Waals surface area contributed by atoms with Crippen LogP contribution in [-0.2, 0) is 0 Å². The second-order valence-electron chi connectivity index (χ2n) is 7.10. The molecule has 1 aliphatic rings. The van der Waals surface area contributed by atoms with Crippen LogP contribution in [0.2, 0.25) is 0 Å². The number of fused-ring (bicyclic) bond motifs is 1. The summed E-state index contributed by atoms with van der Waals surface area (Å²) in [6, 6.07) is 16.8. The summed E-state index contributed by atoms with van der Waals surface area (Å²) in [6.45, 7) is 1.98. The minimum atomic E-state index is -0.0618. The van der Waals surface area contributed by atoms with Gasteiger partial charge in [0.05, 0.1) is 0 Å². The summed E-state index contributed by atoms with van der Waals surface area (Å²) in [4.78, 5) is 26.8. The largest absolute Gasteiger partial charge is 0.451 e. The fraction of sp³-hybridized carbons (Fsp3) is 0.273. The van der Waals surface area contributed by atoms with E-state index in [1.54, 1.807) is 12.1 Å². The number of halogens is 1. The third-order valence-corrected chi connectivity index (χ3v) is 5.72. The molecule has 4 rings (SSSR count). The number of amides is 2. The molecule has 3 aromatic rings. The molecule has 1 aromatic heterocycles. The lowest BCUT2D eigenvalue weighted by atomic mass is 9.96. The molecule has 0 saturated carbocycles. The summed E-state index contributed by atoms with van der Waals surface area (Å²) in [5.74, 6) is 0.643. The van der Waals surface area contributed by atoms with Gasteiger partial charge in [-0.15, -0.1) is 0 Å². The molecule has 5 nitrogen and oxygen atoms in total. The van der Waals surface area contributed by atoms with E-state index in [0.29, 0.717) is 36.9 Å². The Morgan fingerprint density at radius 2 is 1.79 bits per heavy atom. The van der Waals surface area contributed by atoms with Gasteiger partial charge in [0.15, 0.2) is 5.76 Å². The number of carbonyl (C=O) groups is 2. The van der Waals surface area contributed by atoms with Crippen molar-refractivity contribution in [1.29, 1.82) is 0 Å². The molecular formula is C22H21BrN2O3. The number of carbonyl (C=O) groups excluding carboxylic acids is 2. The maximum Gasteiger partial charge on any atom is 0.289 e. The Kier molecular flexibility index (Phi) is 5.48. The molecular weight excluding hydrogens is 420 g/mol. The van der Waals surface area contributed by atoms with Gasteiger partial charge in [-0.05, 0) is 55.2 Å². The fourth-order valence-electron chi connectivity index (χ4n) is 3.52. The first-order chi connectivity index (χ1) is 13.6. The first-order valence-electron chi connectivity index (χ1n) is 9.42. The van der Waals surface area contributed by atoms with Gasteiger partial charge in [0.25, 0.3) is 11.8 Å². The Bertz CT molecular complexity index is 955. The molecule has 0 unspecified atom stereocenters. The number of likely N-dealkylation sites (tertiary alicyclic amines) is 1. The average molecular weight is 441 g/mol. The van der Waals surface area contributed by atoms with Crippen LogP contribution >= 0.6 is 15.9 Å². The maximum absolute atomic E-state index is 12.7. The van der Waals surface area contributed by atoms with Crippen LogP contribution in [0.3, 0.4) is 0 Å². The van der Waals surface area contributed by atoms with Crippen LogP contribution in [0, 0.1) is 5.92 Å². The molecule has 0 atom stereocenters. The highest BCUT2D eigenvalue weighted by atomic mass is 79.9. The number of rotatable bonds is 4. The van der Waals surface area contributed by atoms with Gasteiger partial charge in [-0.25, -0.2) is 0 Å². The van der Waals surface area contributed by atoms with Gasteiger partial charge in [0.1, 0.15) is 5.58 Å². The molecule has 0 aliphatic carbocycles. The first-order valence-corrected chi connectivity index (χ1v) is 10.2. The van der Waals surface area contributed by atoms with E-state index in [1.807, 2.05) is 47.4 Å². The standard InChI is InChI=1S/C22H21BrN2O3/c23-18-7-5-16(6-8-18)21(26)24-14-15-9-11-25(12-10-15)22(27)20-13-17-3-1-2-4-19(17)28-20/h1-8,13,15H,9-12,14H2,(H,24,26). The van der Waals surface area contributed by atoms with E-state index < -0.39 is 0 Å². The molecule has 2 aromatic carbocycles. The van der Waals surface area contributed by atoms with Crippen LogP contribution in [0.4, 0.5) is 0 Å². The van der Waals surface area contributed by atoms with E-state index in [4.69, 9.17) is 4.42 Å². The molecule has 0 radical (unpaired) electrons. The van der Waals surface area contributed by atoms with Crippen molar-refractivity contribution in [3.8, 4) is 0 Å². The molecule has 0 bridgehead atoms. The van der Waals surface area contributed by atoms with Crippen molar-refractivity contribution in [3.63, 3.8) is 0 Å². The molecule has 28 heavy (non-hydrogen) atoms. The van der Waals surface area contributed by atoms with Crippen LogP contribution in [0.15, 0.2) is 63.5 Å². The zero-order chi connectivity index (χ0) is 19.5. The Labute approximate surface area is 171 Å². The molecule has 1 fully saturated rings. The zero-order valence-electron chi connectivity index (χ0n) is 15.4. The second kappa shape index (κ2) is 8.19. The third kappa shape index (κ3) is 4.12. The molecule has 1 saturated heterocycles. The summed E-state index contributed by atoms with van der Waals surface area (Å²) in [7, 11) is 0. The summed E-state index contributed by atoms with van der Waals surface area (Å²) in [6.07, 6.45) is 1.74. The highest BCUT2D eigenvalue weighted by Gasteiger charge is 2.26. The van der Waals surface area contributed by atoms with Crippen molar-refractivity contribution in [2.24, 2.45) is 5.92 Å². The van der Waals surface area contributed by atoms with E-state index in [0.717, 1.165) is 28.3 Å². The second-order valence-corrected chi connectivity index (χ2v) is 8.02. The number of hydrogen-bond acceptors (Lipinski definition) is 3. The third-order valence-electron chi connectivity index (χ3n) is 5.20. The first kappa shape index (κ1) is 18.7. The van der Waals surface area contributed by atoms with Crippen molar-refractivity contribution in [2.45, 2.75) is 12.8 Å². The van der Waals surface area contributed by atoms with Crippen molar-refractivity contribution < 1.29 is 14.0 Å². The maximum atomic E-state index is 12.7. The van der Waals surface area contributed by atoms with Gasteiger partial charge in [-0.3, -0.25) is 9.59 Å². The van der Waals surface area contributed by atoms with Gasteiger partial charge < -0.3 is 14.6 Å². The van der Waals surface area contributed by atoms with Crippen LogP contribution in [0.25, 0.3) is 11.0 Å². The average Bonchev–Trinajstić information content (AvgIpc) is 3.16. The Balaban J connectivity index is 1.28. The Morgan fingerprint density at radius 1 is 1.07 bits per heavy atom. The highest BCUT2D eigenvalue weighted by Crippen LogP contribution is 2.23. The lowest BCUT2D eigenvalue weighted by Gasteiger charge is -2.31. The smallest absolute Gasteiger partial charge is 0.289 e. The van der Waals surface area contributed by atoms with Gasteiger partial charge >= 0.3 is 0 Å². The van der Waals surface area contributed by atoms with E-state index in [-0.39, 0.29) is 11.8 Å². The minimum Gasteiger partial charge on any atom is -0.451 e. The molecule has 1 aliphatic heterocycles. The molecule has 6 heteroatoms. The fourth-order valence-corrected chi connectivity index (χ4v) is 3.79. The quantitative estimate of drug-likeness (QED) is 0.650. The molecule has 0 spiro atoms. The SMILES string of the molecule is O=C(NCC1CCN(C(=O)c2cc3ccccc3o2)CC1)c1ccc(Br)cc1. The number of piperidine rings is 1. The van der Waals surface area contributed by atoms with Crippen LogP contribution in [-0.4, -0.2) is 36.3 Å². The number of furan rings is 1. The number of nitrogens with one attached hydrogen (secondary N) is 1. The van der Waals surface area contributed by atoms with Gasteiger partial charge in [0, 0.05) is 35.1 Å². The lowest BCUT2D eigenvalue weighted by molar-refractivity contribution is 0.0655. The normalized spacial score (nSPS) is 15.0. The van der Waals surface area contributed by atoms with Crippen molar-refractivity contribution in [1.82, 2.24) is 10.2 Å². The van der Waals surface area contributed by atoms with E-state index >= 15 is 0 Å². The summed E-state index contributed by atoms with van der Waals surface area (Å²) in [5, 5.41) is 3.95. The zero-order valence-corrected chi connectivity index (χ0v) is 16.9. The van der Waals surface area contributed by atoms with Gasteiger partial charge in [-0.1, -0.05) is 34.1 Å². The van der Waals surface area contributed by atoms with Crippen LogP contribution < -0.4 is 5.32 Å². The Hall–Kier alpha value is -2.60. The minimum absolute atomic E-state index is 0.0615. The summed E-state index contributed by atoms with van der Waals surface area (Å²) < 4.78 is 6.64. The number of benzene rings is 2. The molecule has 1 N–H and O–H groups in total. The highest BCUT2D eigenvalue weighted by molar-refractivity contribution is 9.10. The summed E-state index contributed by atoms with van der Waals surface area (Å²) >= 11 is 3.37. The van der Waals surface area contributed by atoms with Gasteiger partial charge in [0.2, 0.25) is 0 Å². The van der Waals surface area contributed by atoms with E-state index in [9.17, 15) is 9.59 Å². The number of nitrogens with zero attached hydrogens (tertiary/aromatic N) is 1. The predicted molar refractivity (Wildman–Crippen MR) is 111 cm³/mol. The molecule has 2 heterocycles. The van der Waals surface area contributed by atoms with Crippen LogP contribution in [0.1, 0.15) is 33.8 Å². The van der Waals surface area contributed by atoms with Crippen molar-refractivity contribution in [2.75, 3.05) is 19.6 Å². The monoisotopic (exact) mass is 440 g/mol. The lowest BCUT2D eigenvalue weighted by Crippen LogP contribution is -2.41. The molecule has 2 amide bonds. The van der Waals surface area contributed by atoms with Gasteiger partial charge in [-0.2, -0.15) is 0 Å². The van der Waals surface area contributed by atoms with Crippen molar-refractivity contribution >= 4 is 38.7 Å². The topological polar surface area (TPSA) is 62.6 Å². The predicted octanol–water partition coefficient (Wildman–Crippen LogP) is 4.48. The van der Waals surface area contributed by atoms with E-state index in [1.165, 1.54) is 0 Å². The van der Waals surface area contributed by atoms with Crippen LogP contribution in [0.5, 0.6) is 0 Å². The van der Waals surface area contributed by atoms with E-state index in [2.05, 4.69) is 21.2 Å². The molecule has 144 valence electrons. The van der Waals surface area contributed by atoms with Crippen molar-refractivity contribution in [3.05, 3.63) is 70.4 Å².